The topological polar surface area (TPSA) is 144 Å². The number of hydrogen-bond donors (Lipinski definition) is 3. The van der Waals surface area contributed by atoms with Gasteiger partial charge in [0.2, 0.25) is 5.91 Å². The molecule has 2 bridgehead atoms. The first-order valence-electron chi connectivity index (χ1n) is 10.7. The molecule has 1 aliphatic heterocycles. The molecule has 2 atom stereocenters. The van der Waals surface area contributed by atoms with Gasteiger partial charge in [-0.3, -0.25) is 19.2 Å². The first kappa shape index (κ1) is 26.8. The third-order valence-electron chi connectivity index (χ3n) is 4.58. The van der Waals surface area contributed by atoms with Crippen LogP contribution in [0.3, 0.4) is 0 Å². The number of ether oxygens (including phenoxy) is 1. The van der Waals surface area contributed by atoms with Gasteiger partial charge >= 0.3 is 5.97 Å². The van der Waals surface area contributed by atoms with Crippen LogP contribution in [0, 0.1) is 0 Å². The Balaban J connectivity index is 2.24. The fourth-order valence-electron chi connectivity index (χ4n) is 2.85. The molecule has 0 saturated carbocycles. The van der Waals surface area contributed by atoms with Gasteiger partial charge < -0.3 is 20.7 Å². The highest BCUT2D eigenvalue weighted by molar-refractivity contribution is 8.13. The van der Waals surface area contributed by atoms with Gasteiger partial charge in [0.1, 0.15) is 23.5 Å². The van der Waals surface area contributed by atoms with Crippen LogP contribution >= 0.6 is 11.8 Å². The van der Waals surface area contributed by atoms with Crippen molar-refractivity contribution in [2.75, 3.05) is 5.75 Å². The predicted octanol–water partition coefficient (Wildman–Crippen LogP) is 1.38. The number of amides is 3. The standard InChI is InChI=1S/C23H28N4O6S/c1-4-18-21(30)25-14(2)23(32)33-17(9-5-6-11-34-15(3)28)12-20(29)24-13-16-8-7-10-19(26-16)22(31)27-18/h4-5,7-10,14,17H,6,11-13H2,1-3H3,(H,24,29)(H,25,30)(H,27,31)/b9-5+,18-4-/t14-,17+/m0/s1. The van der Waals surface area contributed by atoms with Gasteiger partial charge in [-0.2, -0.15) is 0 Å². The summed E-state index contributed by atoms with van der Waals surface area (Å²) in [6, 6.07) is 3.71. The lowest BCUT2D eigenvalue weighted by Crippen LogP contribution is -2.44. The molecule has 1 aromatic rings. The van der Waals surface area contributed by atoms with Gasteiger partial charge in [0.25, 0.3) is 11.8 Å². The Morgan fingerprint density at radius 2 is 2.00 bits per heavy atom. The molecule has 0 aromatic carbocycles. The normalized spacial score (nSPS) is 21.6. The van der Waals surface area contributed by atoms with Gasteiger partial charge in [-0.15, -0.1) is 0 Å². The average molecular weight is 489 g/mol. The number of thioether (sulfide) groups is 1. The van der Waals surface area contributed by atoms with E-state index in [0.29, 0.717) is 17.9 Å². The van der Waals surface area contributed by atoms with E-state index >= 15 is 0 Å². The second-order valence-corrected chi connectivity index (χ2v) is 8.65. The Morgan fingerprint density at radius 1 is 1.24 bits per heavy atom. The number of fused-ring (bicyclic) bond motifs is 2. The zero-order valence-electron chi connectivity index (χ0n) is 19.3. The van der Waals surface area contributed by atoms with Crippen molar-refractivity contribution in [2.45, 2.75) is 52.3 Å². The molecule has 0 spiro atoms. The van der Waals surface area contributed by atoms with E-state index in [9.17, 15) is 24.0 Å². The first-order chi connectivity index (χ1) is 16.2. The SMILES string of the molecule is C/C=C1\NC(=O)c2cccc(n2)CNC(=O)C[C@@H](/C=C/CCSC(C)=O)OC(=O)[C@H](C)NC1=O. The lowest BCUT2D eigenvalue weighted by molar-refractivity contribution is -0.151. The molecule has 0 fully saturated rings. The molecule has 3 amide bonds. The maximum Gasteiger partial charge on any atom is 0.328 e. The van der Waals surface area contributed by atoms with Gasteiger partial charge in [-0.25, -0.2) is 9.78 Å². The summed E-state index contributed by atoms with van der Waals surface area (Å²) >= 11 is 1.17. The van der Waals surface area contributed by atoms with Crippen LogP contribution in [0.25, 0.3) is 0 Å². The van der Waals surface area contributed by atoms with E-state index in [0.717, 1.165) is 0 Å². The van der Waals surface area contributed by atoms with E-state index in [-0.39, 0.29) is 29.5 Å². The molecule has 3 N–H and O–H groups in total. The van der Waals surface area contributed by atoms with Gasteiger partial charge in [0, 0.05) is 12.7 Å². The molecule has 34 heavy (non-hydrogen) atoms. The fraction of sp³-hybridized carbons (Fsp3) is 0.391. The Bertz CT molecular complexity index is 1010. The molecule has 10 nitrogen and oxygen atoms in total. The number of aromatic nitrogens is 1. The molecule has 0 radical (unpaired) electrons. The monoisotopic (exact) mass is 488 g/mol. The lowest BCUT2D eigenvalue weighted by Gasteiger charge is -2.19. The number of nitrogens with one attached hydrogen (secondary N) is 3. The zero-order chi connectivity index (χ0) is 25.1. The number of carbonyl (C=O) groups excluding carboxylic acids is 5. The first-order valence-corrected chi connectivity index (χ1v) is 11.7. The quantitative estimate of drug-likeness (QED) is 0.250. The number of allylic oxidation sites excluding steroid dienone is 2. The number of nitrogens with zero attached hydrogens (tertiary/aromatic N) is 1. The van der Waals surface area contributed by atoms with Crippen LogP contribution in [0.15, 0.2) is 42.1 Å². The van der Waals surface area contributed by atoms with Gasteiger partial charge in [0.05, 0.1) is 18.7 Å². The molecule has 11 heteroatoms. The van der Waals surface area contributed by atoms with E-state index < -0.39 is 35.8 Å². The minimum absolute atomic E-state index is 0.00264. The summed E-state index contributed by atoms with van der Waals surface area (Å²) in [6.45, 7) is 4.55. The van der Waals surface area contributed by atoms with Crippen molar-refractivity contribution in [3.63, 3.8) is 0 Å². The maximum atomic E-state index is 12.6. The smallest absolute Gasteiger partial charge is 0.328 e. The number of esters is 1. The van der Waals surface area contributed by atoms with Crippen LogP contribution in [0.5, 0.6) is 0 Å². The van der Waals surface area contributed by atoms with Crippen molar-refractivity contribution in [2.24, 2.45) is 0 Å². The van der Waals surface area contributed by atoms with Crippen molar-refractivity contribution in [3.8, 4) is 0 Å². The fourth-order valence-corrected chi connectivity index (χ4v) is 3.39. The number of pyridine rings is 1. The molecule has 0 unspecified atom stereocenters. The van der Waals surface area contributed by atoms with Crippen molar-refractivity contribution in [1.82, 2.24) is 20.9 Å². The Hall–Kier alpha value is -3.47. The number of cyclic esters (lactones) is 1. The average Bonchev–Trinajstić information content (AvgIpc) is 2.79. The zero-order valence-corrected chi connectivity index (χ0v) is 20.1. The number of rotatable bonds is 4. The second-order valence-electron chi connectivity index (χ2n) is 7.38. The van der Waals surface area contributed by atoms with Crippen LogP contribution < -0.4 is 16.0 Å². The highest BCUT2D eigenvalue weighted by atomic mass is 32.2. The molecule has 2 rings (SSSR count). The minimum atomic E-state index is -1.04. The molecule has 0 saturated heterocycles. The van der Waals surface area contributed by atoms with E-state index in [1.54, 1.807) is 31.2 Å². The highest BCUT2D eigenvalue weighted by Crippen LogP contribution is 2.09. The highest BCUT2D eigenvalue weighted by Gasteiger charge is 2.24. The Kier molecular flexibility index (Phi) is 10.5. The lowest BCUT2D eigenvalue weighted by atomic mass is 10.2. The van der Waals surface area contributed by atoms with Crippen molar-refractivity contribution in [1.29, 1.82) is 0 Å². The van der Waals surface area contributed by atoms with Gasteiger partial charge in [0.15, 0.2) is 5.12 Å². The van der Waals surface area contributed by atoms with Crippen LogP contribution in [-0.4, -0.2) is 51.7 Å². The van der Waals surface area contributed by atoms with Gasteiger partial charge in [-0.05, 0) is 38.5 Å². The van der Waals surface area contributed by atoms with Crippen LogP contribution in [-0.2, 0) is 30.5 Å². The van der Waals surface area contributed by atoms with Gasteiger partial charge in [-0.1, -0.05) is 30.0 Å². The Labute approximate surface area is 202 Å². The molecular weight excluding hydrogens is 460 g/mol. The molecule has 182 valence electrons. The van der Waals surface area contributed by atoms with E-state index in [1.165, 1.54) is 37.8 Å². The van der Waals surface area contributed by atoms with E-state index in [1.807, 2.05) is 0 Å². The maximum absolute atomic E-state index is 12.6. The second kappa shape index (κ2) is 13.3. The molecule has 0 aliphatic carbocycles. The summed E-state index contributed by atoms with van der Waals surface area (Å²) in [5, 5.41) is 7.66. The number of carbonyl (C=O) groups is 5. The minimum Gasteiger partial charge on any atom is -0.456 e. The third kappa shape index (κ3) is 8.81. The summed E-state index contributed by atoms with van der Waals surface area (Å²) in [5.41, 5.74) is 0.470. The number of hydrogen-bond acceptors (Lipinski definition) is 8. The van der Waals surface area contributed by atoms with Crippen molar-refractivity contribution < 1.29 is 28.7 Å². The van der Waals surface area contributed by atoms with Crippen molar-refractivity contribution in [3.05, 3.63) is 53.5 Å². The molecule has 2 heterocycles. The molecule has 1 aromatic heterocycles. The third-order valence-corrected chi connectivity index (χ3v) is 5.43. The van der Waals surface area contributed by atoms with Crippen LogP contribution in [0.4, 0.5) is 0 Å². The summed E-state index contributed by atoms with van der Waals surface area (Å²) in [7, 11) is 0. The molecule has 1 aliphatic rings. The summed E-state index contributed by atoms with van der Waals surface area (Å²) < 4.78 is 5.45. The van der Waals surface area contributed by atoms with E-state index in [2.05, 4.69) is 20.9 Å². The van der Waals surface area contributed by atoms with Crippen LogP contribution in [0.1, 0.15) is 49.8 Å². The van der Waals surface area contributed by atoms with Crippen LogP contribution in [0.2, 0.25) is 0 Å². The largest absolute Gasteiger partial charge is 0.456 e. The summed E-state index contributed by atoms with van der Waals surface area (Å²) in [6.07, 6.45) is 4.26. The van der Waals surface area contributed by atoms with Crippen molar-refractivity contribution >= 4 is 40.6 Å². The predicted molar refractivity (Wildman–Crippen MR) is 126 cm³/mol. The summed E-state index contributed by atoms with van der Waals surface area (Å²) in [5.74, 6) is -1.85. The molecular formula is C23H28N4O6S. The Morgan fingerprint density at radius 3 is 2.71 bits per heavy atom. The van der Waals surface area contributed by atoms with E-state index in [4.69, 9.17) is 4.74 Å². The summed E-state index contributed by atoms with van der Waals surface area (Å²) in [4.78, 5) is 65.4.